The Bertz CT molecular complexity index is 950. The molecule has 140 valence electrons. The van der Waals surface area contributed by atoms with Crippen LogP contribution in [0.2, 0.25) is 0 Å². The standard InChI is InChI=1S/C17H21N3O5S/c1-3-25-16(22)13-9-5-6-10-19(13)15(21)14-12-8-4-7-11-20(12)17(18-14)26(2,23)24/h4,7-8,11,13H,3,5-6,9-10H2,1-2H3. The molecular weight excluding hydrogens is 358 g/mol. The Kier molecular flexibility index (Phi) is 4.99. The highest BCUT2D eigenvalue weighted by Crippen LogP contribution is 2.24. The van der Waals surface area contributed by atoms with Crippen molar-refractivity contribution in [3.63, 3.8) is 0 Å². The third-order valence-corrected chi connectivity index (χ3v) is 5.32. The Hall–Kier alpha value is -2.42. The summed E-state index contributed by atoms with van der Waals surface area (Å²) in [5.74, 6) is -0.895. The van der Waals surface area contributed by atoms with E-state index in [2.05, 4.69) is 4.98 Å². The van der Waals surface area contributed by atoms with Gasteiger partial charge in [-0.2, -0.15) is 0 Å². The second kappa shape index (κ2) is 7.06. The number of aromatic nitrogens is 2. The molecule has 1 fully saturated rings. The van der Waals surface area contributed by atoms with E-state index in [9.17, 15) is 18.0 Å². The predicted octanol–water partition coefficient (Wildman–Crippen LogP) is 1.30. The number of ether oxygens (including phenoxy) is 1. The molecule has 0 aromatic carbocycles. The monoisotopic (exact) mass is 379 g/mol. The first-order valence-corrected chi connectivity index (χ1v) is 10.4. The number of pyridine rings is 1. The molecule has 0 radical (unpaired) electrons. The van der Waals surface area contributed by atoms with Gasteiger partial charge in [-0.15, -0.1) is 0 Å². The minimum atomic E-state index is -3.62. The second-order valence-electron chi connectivity index (χ2n) is 6.23. The summed E-state index contributed by atoms with van der Waals surface area (Å²) in [6.45, 7) is 2.36. The fourth-order valence-corrected chi connectivity index (χ4v) is 4.00. The lowest BCUT2D eigenvalue weighted by Crippen LogP contribution is -2.48. The number of fused-ring (bicyclic) bond motifs is 1. The number of hydrogen-bond donors (Lipinski definition) is 0. The van der Waals surface area contributed by atoms with E-state index in [1.54, 1.807) is 31.3 Å². The van der Waals surface area contributed by atoms with Crippen molar-refractivity contribution in [1.29, 1.82) is 0 Å². The van der Waals surface area contributed by atoms with Gasteiger partial charge in [0.2, 0.25) is 15.0 Å². The Labute approximate surface area is 151 Å². The first-order chi connectivity index (χ1) is 12.3. The summed E-state index contributed by atoms with van der Waals surface area (Å²) in [7, 11) is -3.62. The fraction of sp³-hybridized carbons (Fsp3) is 0.471. The van der Waals surface area contributed by atoms with Gasteiger partial charge in [0.15, 0.2) is 5.69 Å². The lowest BCUT2D eigenvalue weighted by molar-refractivity contribution is -0.149. The highest BCUT2D eigenvalue weighted by molar-refractivity contribution is 7.90. The van der Waals surface area contributed by atoms with Crippen LogP contribution < -0.4 is 0 Å². The zero-order valence-corrected chi connectivity index (χ0v) is 15.5. The zero-order valence-electron chi connectivity index (χ0n) is 14.7. The number of hydrogen-bond acceptors (Lipinski definition) is 6. The smallest absolute Gasteiger partial charge is 0.328 e. The van der Waals surface area contributed by atoms with Gasteiger partial charge in [0, 0.05) is 19.0 Å². The van der Waals surface area contributed by atoms with Gasteiger partial charge in [0.05, 0.1) is 12.1 Å². The van der Waals surface area contributed by atoms with E-state index in [1.807, 2.05) is 0 Å². The van der Waals surface area contributed by atoms with Crippen molar-refractivity contribution in [2.75, 3.05) is 19.4 Å². The molecule has 1 amide bonds. The van der Waals surface area contributed by atoms with Gasteiger partial charge in [0.25, 0.3) is 5.91 Å². The average Bonchev–Trinajstić information content (AvgIpc) is 3.01. The van der Waals surface area contributed by atoms with E-state index < -0.39 is 27.8 Å². The van der Waals surface area contributed by atoms with E-state index in [4.69, 9.17) is 4.74 Å². The normalized spacial score (nSPS) is 18.1. The summed E-state index contributed by atoms with van der Waals surface area (Å²) < 4.78 is 30.5. The number of rotatable bonds is 4. The van der Waals surface area contributed by atoms with Gasteiger partial charge in [-0.05, 0) is 38.3 Å². The van der Waals surface area contributed by atoms with Crippen LogP contribution in [-0.4, -0.2) is 60.0 Å². The lowest BCUT2D eigenvalue weighted by atomic mass is 10.0. The van der Waals surface area contributed by atoms with E-state index in [0.717, 1.165) is 19.1 Å². The lowest BCUT2D eigenvalue weighted by Gasteiger charge is -2.33. The molecule has 2 aromatic rings. The molecule has 1 aliphatic heterocycles. The molecule has 1 unspecified atom stereocenters. The minimum absolute atomic E-state index is 0.0298. The maximum absolute atomic E-state index is 13.1. The van der Waals surface area contributed by atoms with Crippen molar-refractivity contribution in [1.82, 2.24) is 14.3 Å². The predicted molar refractivity (Wildman–Crippen MR) is 93.6 cm³/mol. The summed E-state index contributed by atoms with van der Waals surface area (Å²) in [6, 6.07) is 4.34. The first kappa shape index (κ1) is 18.4. The average molecular weight is 379 g/mol. The van der Waals surface area contributed by atoms with Crippen molar-refractivity contribution >= 4 is 27.2 Å². The number of amides is 1. The summed E-state index contributed by atoms with van der Waals surface area (Å²) in [5, 5.41) is -0.193. The topological polar surface area (TPSA) is 98.0 Å². The molecule has 1 atom stereocenters. The van der Waals surface area contributed by atoms with Crippen LogP contribution in [0.3, 0.4) is 0 Å². The highest BCUT2D eigenvalue weighted by atomic mass is 32.2. The number of imidazole rings is 1. The molecule has 0 bridgehead atoms. The summed E-state index contributed by atoms with van der Waals surface area (Å²) in [4.78, 5) is 30.9. The Morgan fingerprint density at radius 3 is 2.77 bits per heavy atom. The quantitative estimate of drug-likeness (QED) is 0.743. The Balaban J connectivity index is 2.05. The third-order valence-electron chi connectivity index (χ3n) is 4.37. The van der Waals surface area contributed by atoms with Crippen LogP contribution in [0.1, 0.15) is 36.7 Å². The number of piperidine rings is 1. The molecule has 3 rings (SSSR count). The molecule has 26 heavy (non-hydrogen) atoms. The molecule has 0 N–H and O–H groups in total. The van der Waals surface area contributed by atoms with Crippen LogP contribution in [0.25, 0.3) is 5.52 Å². The zero-order chi connectivity index (χ0) is 18.9. The first-order valence-electron chi connectivity index (χ1n) is 8.49. The van der Waals surface area contributed by atoms with Gasteiger partial charge >= 0.3 is 5.97 Å². The number of carbonyl (C=O) groups excluding carboxylic acids is 2. The van der Waals surface area contributed by atoms with Gasteiger partial charge in [-0.1, -0.05) is 6.07 Å². The van der Waals surface area contributed by atoms with Gasteiger partial charge in [0.1, 0.15) is 6.04 Å². The van der Waals surface area contributed by atoms with Crippen molar-refractivity contribution in [3.8, 4) is 0 Å². The molecular formula is C17H21N3O5S. The number of esters is 1. The van der Waals surface area contributed by atoms with E-state index in [1.165, 1.54) is 9.30 Å². The third kappa shape index (κ3) is 3.31. The highest BCUT2D eigenvalue weighted by Gasteiger charge is 2.36. The SMILES string of the molecule is CCOC(=O)C1CCCCN1C(=O)c1nc(S(C)(=O)=O)n2ccccc12. The molecule has 0 saturated carbocycles. The van der Waals surface area contributed by atoms with Gasteiger partial charge in [-0.25, -0.2) is 18.2 Å². The van der Waals surface area contributed by atoms with Gasteiger partial charge < -0.3 is 9.64 Å². The van der Waals surface area contributed by atoms with Crippen LogP contribution >= 0.6 is 0 Å². The van der Waals surface area contributed by atoms with Crippen molar-refractivity contribution in [2.45, 2.75) is 37.4 Å². The minimum Gasteiger partial charge on any atom is -0.464 e. The molecule has 1 aliphatic rings. The Morgan fingerprint density at radius 2 is 2.08 bits per heavy atom. The van der Waals surface area contributed by atoms with E-state index >= 15 is 0 Å². The largest absolute Gasteiger partial charge is 0.464 e. The maximum atomic E-state index is 13.1. The summed E-state index contributed by atoms with van der Waals surface area (Å²) in [6.07, 6.45) is 4.72. The van der Waals surface area contributed by atoms with Crippen molar-refractivity contribution in [3.05, 3.63) is 30.1 Å². The van der Waals surface area contributed by atoms with Crippen LogP contribution in [-0.2, 0) is 19.4 Å². The van der Waals surface area contributed by atoms with Crippen molar-refractivity contribution < 1.29 is 22.7 Å². The van der Waals surface area contributed by atoms with Crippen LogP contribution in [0, 0.1) is 0 Å². The van der Waals surface area contributed by atoms with Crippen LogP contribution in [0.4, 0.5) is 0 Å². The molecule has 2 aromatic heterocycles. The summed E-state index contributed by atoms with van der Waals surface area (Å²) >= 11 is 0. The molecule has 3 heterocycles. The van der Waals surface area contributed by atoms with Crippen LogP contribution in [0.15, 0.2) is 29.6 Å². The van der Waals surface area contributed by atoms with E-state index in [0.29, 0.717) is 18.5 Å². The van der Waals surface area contributed by atoms with Crippen LogP contribution in [0.5, 0.6) is 0 Å². The molecule has 8 nitrogen and oxygen atoms in total. The number of likely N-dealkylation sites (tertiary alicyclic amines) is 1. The van der Waals surface area contributed by atoms with E-state index in [-0.39, 0.29) is 17.5 Å². The number of sulfone groups is 1. The van der Waals surface area contributed by atoms with Gasteiger partial charge in [-0.3, -0.25) is 9.20 Å². The Morgan fingerprint density at radius 1 is 1.31 bits per heavy atom. The molecule has 1 saturated heterocycles. The molecule has 0 spiro atoms. The maximum Gasteiger partial charge on any atom is 0.328 e. The molecule has 0 aliphatic carbocycles. The number of nitrogens with zero attached hydrogens (tertiary/aromatic N) is 3. The van der Waals surface area contributed by atoms with Crippen molar-refractivity contribution in [2.24, 2.45) is 0 Å². The fourth-order valence-electron chi connectivity index (χ4n) is 3.22. The number of carbonyl (C=O) groups is 2. The second-order valence-corrected chi connectivity index (χ2v) is 8.14. The molecule has 9 heteroatoms. The summed E-state index contributed by atoms with van der Waals surface area (Å²) in [5.41, 5.74) is 0.424.